The van der Waals surface area contributed by atoms with E-state index < -0.39 is 11.7 Å². The highest BCUT2D eigenvalue weighted by atomic mass is 79.9. The molecule has 2 aromatic rings. The molecule has 0 radical (unpaired) electrons. The number of hydrogen-bond acceptors (Lipinski definition) is 3. The van der Waals surface area contributed by atoms with Crippen LogP contribution in [-0.4, -0.2) is 0 Å². The molecule has 1 heterocycles. The van der Waals surface area contributed by atoms with Gasteiger partial charge in [-0.15, -0.1) is 23.1 Å². The van der Waals surface area contributed by atoms with Crippen LogP contribution in [0.15, 0.2) is 38.3 Å². The van der Waals surface area contributed by atoms with Crippen LogP contribution >= 0.6 is 39.0 Å². The summed E-state index contributed by atoms with van der Waals surface area (Å²) >= 11 is 6.36. The third-order valence-electron chi connectivity index (χ3n) is 2.35. The molecule has 1 aromatic carbocycles. The number of anilines is 1. The Hall–Kier alpha value is -0.660. The molecule has 0 aliphatic rings. The van der Waals surface area contributed by atoms with Crippen LogP contribution in [0, 0.1) is 0 Å². The molecule has 0 spiro atoms. The Balaban J connectivity index is 2.09. The molecule has 0 saturated heterocycles. The molecule has 0 atom stereocenters. The Morgan fingerprint density at radius 1 is 1.26 bits per heavy atom. The van der Waals surface area contributed by atoms with Gasteiger partial charge in [-0.2, -0.15) is 13.2 Å². The van der Waals surface area contributed by atoms with E-state index in [0.717, 1.165) is 21.5 Å². The van der Waals surface area contributed by atoms with E-state index >= 15 is 0 Å². The van der Waals surface area contributed by atoms with Crippen LogP contribution in [0.2, 0.25) is 0 Å². The maximum Gasteiger partial charge on any atom is 0.416 e. The van der Waals surface area contributed by atoms with Gasteiger partial charge in [0.2, 0.25) is 0 Å². The number of hydrogen-bond donors (Lipinski definition) is 1. The van der Waals surface area contributed by atoms with Gasteiger partial charge in [-0.1, -0.05) is 0 Å². The second-order valence-corrected chi connectivity index (χ2v) is 7.11. The summed E-state index contributed by atoms with van der Waals surface area (Å²) in [7, 11) is 0. The number of thioether (sulfide) groups is 1. The molecule has 0 aliphatic heterocycles. The van der Waals surface area contributed by atoms with Crippen molar-refractivity contribution in [3.05, 3.63) is 44.6 Å². The first-order chi connectivity index (χ1) is 8.86. The van der Waals surface area contributed by atoms with Crippen molar-refractivity contribution in [2.24, 2.45) is 0 Å². The van der Waals surface area contributed by atoms with E-state index in [1.54, 1.807) is 11.3 Å². The number of nitrogens with two attached hydrogens (primary N) is 1. The van der Waals surface area contributed by atoms with E-state index in [1.165, 1.54) is 17.8 Å². The molecule has 7 heteroatoms. The van der Waals surface area contributed by atoms with Crippen LogP contribution in [0.4, 0.5) is 18.9 Å². The number of thiophene rings is 1. The minimum absolute atomic E-state index is 0.161. The van der Waals surface area contributed by atoms with Crippen LogP contribution in [0.25, 0.3) is 0 Å². The zero-order valence-electron chi connectivity index (χ0n) is 9.50. The lowest BCUT2D eigenvalue weighted by Gasteiger charge is -2.10. The van der Waals surface area contributed by atoms with Gasteiger partial charge in [0, 0.05) is 16.3 Å². The molecule has 2 rings (SSSR count). The summed E-state index contributed by atoms with van der Waals surface area (Å²) in [6.45, 7) is 0. The van der Waals surface area contributed by atoms with Crippen LogP contribution in [0.5, 0.6) is 0 Å². The van der Waals surface area contributed by atoms with Gasteiger partial charge in [-0.25, -0.2) is 0 Å². The third kappa shape index (κ3) is 3.90. The zero-order valence-corrected chi connectivity index (χ0v) is 12.7. The maximum absolute atomic E-state index is 12.5. The summed E-state index contributed by atoms with van der Waals surface area (Å²) in [5.74, 6) is 0.678. The van der Waals surface area contributed by atoms with E-state index in [-0.39, 0.29) is 5.69 Å². The molecule has 19 heavy (non-hydrogen) atoms. The number of alkyl halides is 3. The Morgan fingerprint density at radius 3 is 2.53 bits per heavy atom. The first-order valence-electron chi connectivity index (χ1n) is 5.18. The van der Waals surface area contributed by atoms with E-state index in [2.05, 4.69) is 15.9 Å². The van der Waals surface area contributed by atoms with Crippen LogP contribution in [-0.2, 0) is 11.9 Å². The highest BCUT2D eigenvalue weighted by molar-refractivity contribution is 9.11. The molecule has 0 unspecified atom stereocenters. The lowest BCUT2D eigenvalue weighted by atomic mass is 10.2. The SMILES string of the molecule is Nc1cc(C(F)(F)F)ccc1SCc1csc(Br)c1. The van der Waals surface area contributed by atoms with Crippen LogP contribution < -0.4 is 5.73 Å². The first-order valence-corrected chi connectivity index (χ1v) is 7.84. The third-order valence-corrected chi connectivity index (χ3v) is 5.07. The average Bonchev–Trinajstić information content (AvgIpc) is 2.72. The molecule has 0 fully saturated rings. The number of rotatable bonds is 3. The standard InChI is InChI=1S/C12H9BrF3NS2/c13-11-3-7(6-19-11)5-18-10-2-1-8(4-9(10)17)12(14,15)16/h1-4,6H,5,17H2. The smallest absolute Gasteiger partial charge is 0.398 e. The van der Waals surface area contributed by atoms with Crippen molar-refractivity contribution in [3.8, 4) is 0 Å². The minimum atomic E-state index is -4.35. The number of benzene rings is 1. The zero-order chi connectivity index (χ0) is 14.0. The Bertz CT molecular complexity index is 581. The van der Waals surface area contributed by atoms with Crippen molar-refractivity contribution in [1.82, 2.24) is 0 Å². The fourth-order valence-corrected chi connectivity index (χ4v) is 3.63. The molecule has 102 valence electrons. The van der Waals surface area contributed by atoms with E-state index in [9.17, 15) is 13.2 Å². The van der Waals surface area contributed by atoms with Gasteiger partial charge in [0.05, 0.1) is 9.35 Å². The lowest BCUT2D eigenvalue weighted by molar-refractivity contribution is -0.137. The maximum atomic E-state index is 12.5. The first kappa shape index (κ1) is 14.7. The summed E-state index contributed by atoms with van der Waals surface area (Å²) in [5, 5.41) is 2.00. The summed E-state index contributed by atoms with van der Waals surface area (Å²) in [6.07, 6.45) is -4.35. The molecule has 0 saturated carbocycles. The van der Waals surface area contributed by atoms with E-state index in [4.69, 9.17) is 5.73 Å². The van der Waals surface area contributed by atoms with Gasteiger partial charge < -0.3 is 5.73 Å². The summed E-state index contributed by atoms with van der Waals surface area (Å²) in [5.41, 5.74) is 6.22. The Kier molecular flexibility index (Phi) is 4.47. The van der Waals surface area contributed by atoms with Gasteiger partial charge >= 0.3 is 6.18 Å². The topological polar surface area (TPSA) is 26.0 Å². The number of halogens is 4. The quantitative estimate of drug-likeness (QED) is 0.580. The monoisotopic (exact) mass is 367 g/mol. The largest absolute Gasteiger partial charge is 0.416 e. The predicted octanol–water partition coefficient (Wildman–Crippen LogP) is 5.40. The van der Waals surface area contributed by atoms with Gasteiger partial charge in [0.25, 0.3) is 0 Å². The average molecular weight is 368 g/mol. The minimum Gasteiger partial charge on any atom is -0.398 e. The normalized spacial score (nSPS) is 11.8. The van der Waals surface area contributed by atoms with Crippen molar-refractivity contribution in [2.75, 3.05) is 5.73 Å². The molecular formula is C12H9BrF3NS2. The summed E-state index contributed by atoms with van der Waals surface area (Å²) < 4.78 is 38.5. The Morgan fingerprint density at radius 2 is 2.00 bits per heavy atom. The lowest BCUT2D eigenvalue weighted by Crippen LogP contribution is -2.05. The highest BCUT2D eigenvalue weighted by Crippen LogP contribution is 2.35. The van der Waals surface area contributed by atoms with Crippen molar-refractivity contribution in [1.29, 1.82) is 0 Å². The molecule has 2 N–H and O–H groups in total. The Labute approximate surface area is 125 Å². The fraction of sp³-hybridized carbons (Fsp3) is 0.167. The number of nitrogen functional groups attached to an aromatic ring is 1. The molecule has 0 amide bonds. The molecular weight excluding hydrogens is 359 g/mol. The van der Waals surface area contributed by atoms with Crippen LogP contribution in [0.1, 0.15) is 11.1 Å². The van der Waals surface area contributed by atoms with Crippen LogP contribution in [0.3, 0.4) is 0 Å². The van der Waals surface area contributed by atoms with E-state index in [1.807, 2.05) is 11.4 Å². The fourth-order valence-electron chi connectivity index (χ4n) is 1.44. The second kappa shape index (κ2) is 5.76. The van der Waals surface area contributed by atoms with Gasteiger partial charge in [0.15, 0.2) is 0 Å². The van der Waals surface area contributed by atoms with Crippen molar-refractivity contribution >= 4 is 44.7 Å². The van der Waals surface area contributed by atoms with Crippen molar-refractivity contribution in [2.45, 2.75) is 16.8 Å². The van der Waals surface area contributed by atoms with Gasteiger partial charge in [-0.05, 0) is 51.1 Å². The second-order valence-electron chi connectivity index (χ2n) is 3.80. The molecule has 0 bridgehead atoms. The highest BCUT2D eigenvalue weighted by Gasteiger charge is 2.30. The van der Waals surface area contributed by atoms with Crippen molar-refractivity contribution < 1.29 is 13.2 Å². The van der Waals surface area contributed by atoms with Crippen molar-refractivity contribution in [3.63, 3.8) is 0 Å². The predicted molar refractivity (Wildman–Crippen MR) is 77.4 cm³/mol. The van der Waals surface area contributed by atoms with Gasteiger partial charge in [-0.3, -0.25) is 0 Å². The van der Waals surface area contributed by atoms with E-state index in [0.29, 0.717) is 10.6 Å². The summed E-state index contributed by atoms with van der Waals surface area (Å²) in [6, 6.07) is 5.44. The van der Waals surface area contributed by atoms with Gasteiger partial charge in [0.1, 0.15) is 0 Å². The molecule has 1 nitrogen and oxygen atoms in total. The summed E-state index contributed by atoms with van der Waals surface area (Å²) in [4.78, 5) is 0.662. The molecule has 0 aliphatic carbocycles. The molecule has 1 aromatic heterocycles.